The van der Waals surface area contributed by atoms with Crippen molar-refractivity contribution in [1.82, 2.24) is 9.88 Å². The summed E-state index contributed by atoms with van der Waals surface area (Å²) in [5, 5.41) is 12.6. The number of rotatable bonds is 6. The van der Waals surface area contributed by atoms with E-state index in [1.807, 2.05) is 65.6 Å². The van der Waals surface area contributed by atoms with Crippen molar-refractivity contribution in [1.29, 1.82) is 5.26 Å². The molecule has 1 aliphatic heterocycles. The molecule has 1 N–H and O–H groups in total. The summed E-state index contributed by atoms with van der Waals surface area (Å²) in [5.41, 5.74) is 1.92. The van der Waals surface area contributed by atoms with Crippen molar-refractivity contribution in [3.05, 3.63) is 90.3 Å². The molecule has 0 saturated carbocycles. The van der Waals surface area contributed by atoms with Gasteiger partial charge >= 0.3 is 0 Å². The number of aromatic nitrogens is 1. The van der Waals surface area contributed by atoms with Gasteiger partial charge in [-0.1, -0.05) is 48.5 Å². The number of carbonyl (C=O) groups is 1. The number of hydrogen-bond donors (Lipinski definition) is 1. The van der Waals surface area contributed by atoms with Crippen LogP contribution in [0.15, 0.2) is 87.9 Å². The second kappa shape index (κ2) is 9.65. The van der Waals surface area contributed by atoms with Crippen LogP contribution in [0.2, 0.25) is 0 Å². The summed E-state index contributed by atoms with van der Waals surface area (Å²) in [6.45, 7) is 2.40. The van der Waals surface area contributed by atoms with Crippen LogP contribution in [0, 0.1) is 11.3 Å². The average Bonchev–Trinajstić information content (AvgIpc) is 3.56. The Labute approximate surface area is 197 Å². The summed E-state index contributed by atoms with van der Waals surface area (Å²) in [5.74, 6) is 1.10. The van der Waals surface area contributed by atoms with Crippen molar-refractivity contribution < 1.29 is 13.6 Å². The summed E-state index contributed by atoms with van der Waals surface area (Å²) >= 11 is 0. The van der Waals surface area contributed by atoms with E-state index in [-0.39, 0.29) is 17.5 Å². The van der Waals surface area contributed by atoms with Crippen LogP contribution in [-0.4, -0.2) is 42.0 Å². The van der Waals surface area contributed by atoms with Gasteiger partial charge in [0.1, 0.15) is 12.1 Å². The normalized spacial score (nSPS) is 15.0. The van der Waals surface area contributed by atoms with E-state index in [2.05, 4.69) is 21.3 Å². The zero-order valence-corrected chi connectivity index (χ0v) is 18.4. The number of nitrogens with zero attached hydrogens (tertiary/aromatic N) is 4. The monoisotopic (exact) mass is 453 g/mol. The van der Waals surface area contributed by atoms with Gasteiger partial charge in [-0.3, -0.25) is 9.69 Å². The van der Waals surface area contributed by atoms with E-state index < -0.39 is 6.04 Å². The third kappa shape index (κ3) is 4.42. The highest BCUT2D eigenvalue weighted by Gasteiger charge is 2.32. The quantitative estimate of drug-likeness (QED) is 0.464. The molecule has 1 unspecified atom stereocenters. The standard InChI is InChI=1S/C26H23N5O3/c27-18-21-26(34-25(29-21)22-12-7-17-33-22)31-15-13-30(14-16-31)23(19-8-3-1-4-9-19)24(32)28-20-10-5-2-6-11-20/h1-12,17,23H,13-16H2,(H,28,32). The maximum Gasteiger partial charge on any atom is 0.266 e. The Bertz CT molecular complexity index is 1270. The maximum absolute atomic E-state index is 13.4. The molecule has 1 amide bonds. The van der Waals surface area contributed by atoms with E-state index in [1.54, 1.807) is 12.1 Å². The predicted octanol–water partition coefficient (Wildman–Crippen LogP) is 4.31. The second-order valence-electron chi connectivity index (χ2n) is 7.95. The van der Waals surface area contributed by atoms with Crippen LogP contribution < -0.4 is 10.2 Å². The lowest BCUT2D eigenvalue weighted by molar-refractivity contribution is -0.121. The Balaban J connectivity index is 1.34. The minimum absolute atomic E-state index is 0.0802. The predicted molar refractivity (Wildman–Crippen MR) is 127 cm³/mol. The molecule has 170 valence electrons. The van der Waals surface area contributed by atoms with Crippen molar-refractivity contribution in [2.75, 3.05) is 36.4 Å². The van der Waals surface area contributed by atoms with E-state index in [0.717, 1.165) is 11.3 Å². The van der Waals surface area contributed by atoms with Gasteiger partial charge in [-0.25, -0.2) is 0 Å². The van der Waals surface area contributed by atoms with E-state index in [1.165, 1.54) is 6.26 Å². The summed E-state index contributed by atoms with van der Waals surface area (Å²) in [4.78, 5) is 21.8. The number of amides is 1. The van der Waals surface area contributed by atoms with Crippen LogP contribution in [0.25, 0.3) is 11.7 Å². The highest BCUT2D eigenvalue weighted by Crippen LogP contribution is 2.31. The molecule has 8 heteroatoms. The molecule has 0 spiro atoms. The fourth-order valence-corrected chi connectivity index (χ4v) is 4.18. The molecule has 0 aliphatic carbocycles. The number of para-hydroxylation sites is 1. The fourth-order valence-electron chi connectivity index (χ4n) is 4.18. The molecule has 2 aromatic heterocycles. The first-order chi connectivity index (χ1) is 16.7. The number of piperazine rings is 1. The van der Waals surface area contributed by atoms with Gasteiger partial charge in [0.15, 0.2) is 5.76 Å². The Kier molecular flexibility index (Phi) is 6.10. The van der Waals surface area contributed by atoms with Gasteiger partial charge in [-0.05, 0) is 29.8 Å². The van der Waals surface area contributed by atoms with Crippen LogP contribution in [0.4, 0.5) is 11.6 Å². The lowest BCUT2D eigenvalue weighted by Crippen LogP contribution is -2.50. The summed E-state index contributed by atoms with van der Waals surface area (Å²) in [7, 11) is 0. The molecule has 34 heavy (non-hydrogen) atoms. The topological polar surface area (TPSA) is 98.5 Å². The first-order valence-corrected chi connectivity index (χ1v) is 11.1. The van der Waals surface area contributed by atoms with E-state index >= 15 is 0 Å². The Hall–Kier alpha value is -4.35. The van der Waals surface area contributed by atoms with Gasteiger partial charge in [-0.15, -0.1) is 0 Å². The summed E-state index contributed by atoms with van der Waals surface area (Å²) in [6.07, 6.45) is 1.54. The molecular formula is C26H23N5O3. The summed E-state index contributed by atoms with van der Waals surface area (Å²) < 4.78 is 11.3. The number of oxazole rings is 1. The molecule has 2 aromatic carbocycles. The van der Waals surface area contributed by atoms with Crippen LogP contribution in [0.3, 0.4) is 0 Å². The van der Waals surface area contributed by atoms with Crippen molar-refractivity contribution >= 4 is 17.5 Å². The average molecular weight is 454 g/mol. The minimum Gasteiger partial charge on any atom is -0.459 e. The number of anilines is 2. The van der Waals surface area contributed by atoms with Crippen LogP contribution >= 0.6 is 0 Å². The third-order valence-electron chi connectivity index (χ3n) is 5.82. The molecule has 1 aliphatic rings. The number of nitriles is 1. The van der Waals surface area contributed by atoms with Gasteiger partial charge in [0, 0.05) is 31.9 Å². The lowest BCUT2D eigenvalue weighted by Gasteiger charge is -2.38. The number of furan rings is 1. The largest absolute Gasteiger partial charge is 0.459 e. The SMILES string of the molecule is N#Cc1nc(-c2ccco2)oc1N1CCN(C(C(=O)Nc2ccccc2)c2ccccc2)CC1. The van der Waals surface area contributed by atoms with Crippen LogP contribution in [-0.2, 0) is 4.79 Å². The maximum atomic E-state index is 13.4. The molecule has 5 rings (SSSR count). The number of benzene rings is 2. The molecule has 1 saturated heterocycles. The van der Waals surface area contributed by atoms with Crippen molar-refractivity contribution in [3.8, 4) is 17.7 Å². The number of hydrogen-bond acceptors (Lipinski definition) is 7. The second-order valence-corrected chi connectivity index (χ2v) is 7.95. The van der Waals surface area contributed by atoms with Gasteiger partial charge in [0.2, 0.25) is 17.5 Å². The molecule has 0 radical (unpaired) electrons. The van der Waals surface area contributed by atoms with Gasteiger partial charge in [0.05, 0.1) is 6.26 Å². The molecule has 0 bridgehead atoms. The van der Waals surface area contributed by atoms with Crippen LogP contribution in [0.5, 0.6) is 0 Å². The highest BCUT2D eigenvalue weighted by atomic mass is 16.4. The number of nitrogens with one attached hydrogen (secondary N) is 1. The molecule has 4 aromatic rings. The van der Waals surface area contributed by atoms with Gasteiger partial charge in [-0.2, -0.15) is 10.2 Å². The van der Waals surface area contributed by atoms with Crippen molar-refractivity contribution in [2.24, 2.45) is 0 Å². The first-order valence-electron chi connectivity index (χ1n) is 11.1. The zero-order valence-electron chi connectivity index (χ0n) is 18.4. The van der Waals surface area contributed by atoms with E-state index in [9.17, 15) is 10.1 Å². The van der Waals surface area contributed by atoms with E-state index in [0.29, 0.717) is 37.8 Å². The molecule has 3 heterocycles. The first kappa shape index (κ1) is 21.5. The van der Waals surface area contributed by atoms with Gasteiger partial charge in [0.25, 0.3) is 5.89 Å². The van der Waals surface area contributed by atoms with Crippen molar-refractivity contribution in [3.63, 3.8) is 0 Å². The van der Waals surface area contributed by atoms with Crippen molar-refractivity contribution in [2.45, 2.75) is 6.04 Å². The van der Waals surface area contributed by atoms with Crippen LogP contribution in [0.1, 0.15) is 17.3 Å². The number of carbonyl (C=O) groups excluding carboxylic acids is 1. The van der Waals surface area contributed by atoms with Gasteiger partial charge < -0.3 is 19.1 Å². The lowest BCUT2D eigenvalue weighted by atomic mass is 10.0. The minimum atomic E-state index is -0.438. The Morgan fingerprint density at radius 3 is 2.32 bits per heavy atom. The molecular weight excluding hydrogens is 430 g/mol. The smallest absolute Gasteiger partial charge is 0.266 e. The summed E-state index contributed by atoms with van der Waals surface area (Å²) in [6, 6.07) is 24.4. The Morgan fingerprint density at radius 1 is 0.971 bits per heavy atom. The zero-order chi connectivity index (χ0) is 23.3. The molecule has 1 atom stereocenters. The fraction of sp³-hybridized carbons (Fsp3) is 0.192. The molecule has 1 fully saturated rings. The third-order valence-corrected chi connectivity index (χ3v) is 5.82. The Morgan fingerprint density at radius 2 is 1.68 bits per heavy atom. The molecule has 8 nitrogen and oxygen atoms in total. The highest BCUT2D eigenvalue weighted by molar-refractivity contribution is 5.95. The van der Waals surface area contributed by atoms with E-state index in [4.69, 9.17) is 8.83 Å².